The maximum Gasteiger partial charge on any atom is 0.0897 e. The lowest BCUT2D eigenvalue weighted by Gasteiger charge is -2.23. The van der Waals surface area contributed by atoms with Crippen LogP contribution in [0, 0.1) is 12.3 Å². The van der Waals surface area contributed by atoms with Crippen molar-refractivity contribution in [1.29, 1.82) is 0 Å². The lowest BCUT2D eigenvalue weighted by molar-refractivity contribution is 0.154. The zero-order chi connectivity index (χ0) is 10.0. The van der Waals surface area contributed by atoms with Crippen molar-refractivity contribution in [3.8, 4) is 0 Å². The van der Waals surface area contributed by atoms with E-state index in [2.05, 4.69) is 10.4 Å². The van der Waals surface area contributed by atoms with Crippen LogP contribution >= 0.6 is 11.3 Å². The van der Waals surface area contributed by atoms with Crippen molar-refractivity contribution in [3.05, 3.63) is 16.1 Å². The molecule has 0 bridgehead atoms. The number of nitrogens with two attached hydrogens (primary N) is 1. The highest BCUT2D eigenvalue weighted by Crippen LogP contribution is 2.31. The van der Waals surface area contributed by atoms with Gasteiger partial charge in [0.1, 0.15) is 0 Å². The highest BCUT2D eigenvalue weighted by Gasteiger charge is 2.34. The minimum Gasteiger partial charge on any atom is -0.381 e. The quantitative estimate of drug-likeness (QED) is 0.823. The van der Waals surface area contributed by atoms with Crippen LogP contribution in [0.25, 0.3) is 0 Å². The maximum absolute atomic E-state index is 5.82. The largest absolute Gasteiger partial charge is 0.381 e. The van der Waals surface area contributed by atoms with Crippen LogP contribution in [0.15, 0.2) is 5.38 Å². The third kappa shape index (κ3) is 1.97. The van der Waals surface area contributed by atoms with Crippen molar-refractivity contribution in [2.24, 2.45) is 11.1 Å². The van der Waals surface area contributed by atoms with Crippen molar-refractivity contribution < 1.29 is 4.74 Å². The highest BCUT2D eigenvalue weighted by molar-refractivity contribution is 7.09. The number of rotatable bonds is 3. The topological polar surface area (TPSA) is 48.1 Å². The zero-order valence-electron chi connectivity index (χ0n) is 8.45. The molecule has 1 saturated heterocycles. The molecule has 78 valence electrons. The Bertz CT molecular complexity index is 305. The Kier molecular flexibility index (Phi) is 2.85. The Hall–Kier alpha value is -0.450. The molecule has 0 spiro atoms. The lowest BCUT2D eigenvalue weighted by Crippen LogP contribution is -2.33. The number of ether oxygens (including phenoxy) is 1. The van der Waals surface area contributed by atoms with E-state index < -0.39 is 0 Å². The van der Waals surface area contributed by atoms with Gasteiger partial charge in [0.15, 0.2) is 0 Å². The van der Waals surface area contributed by atoms with Crippen molar-refractivity contribution in [3.63, 3.8) is 0 Å². The number of nitrogens with zero attached hydrogens (tertiary/aromatic N) is 1. The van der Waals surface area contributed by atoms with Crippen LogP contribution in [0.3, 0.4) is 0 Å². The Morgan fingerprint density at radius 1 is 1.71 bits per heavy atom. The third-order valence-corrected chi connectivity index (χ3v) is 3.66. The van der Waals surface area contributed by atoms with Crippen molar-refractivity contribution in [2.75, 3.05) is 19.8 Å². The van der Waals surface area contributed by atoms with E-state index in [-0.39, 0.29) is 5.41 Å². The van der Waals surface area contributed by atoms with Gasteiger partial charge in [0.2, 0.25) is 0 Å². The summed E-state index contributed by atoms with van der Waals surface area (Å²) in [6.07, 6.45) is 2.04. The Morgan fingerprint density at radius 2 is 2.57 bits per heavy atom. The fourth-order valence-electron chi connectivity index (χ4n) is 1.90. The molecule has 2 heterocycles. The lowest BCUT2D eigenvalue weighted by atomic mass is 9.83. The normalized spacial score (nSPS) is 27.0. The minimum absolute atomic E-state index is 0.153. The summed E-state index contributed by atoms with van der Waals surface area (Å²) in [7, 11) is 0. The van der Waals surface area contributed by atoms with Gasteiger partial charge in [-0.2, -0.15) is 0 Å². The molecule has 0 saturated carbocycles. The zero-order valence-corrected chi connectivity index (χ0v) is 9.27. The van der Waals surface area contributed by atoms with Crippen LogP contribution in [0.4, 0.5) is 0 Å². The summed E-state index contributed by atoms with van der Waals surface area (Å²) in [5.41, 5.74) is 7.14. The van der Waals surface area contributed by atoms with Crippen LogP contribution in [0.2, 0.25) is 0 Å². The van der Waals surface area contributed by atoms with Gasteiger partial charge < -0.3 is 10.5 Å². The molecule has 1 aromatic heterocycles. The van der Waals surface area contributed by atoms with Crippen molar-refractivity contribution in [1.82, 2.24) is 4.98 Å². The van der Waals surface area contributed by atoms with Crippen LogP contribution in [0.5, 0.6) is 0 Å². The smallest absolute Gasteiger partial charge is 0.0897 e. The van der Waals surface area contributed by atoms with E-state index >= 15 is 0 Å². The standard InChI is InChI=1S/C10H16N2OS/c1-8-12-9(5-14-8)4-10(6-11)2-3-13-7-10/h5H,2-4,6-7,11H2,1H3. The summed E-state index contributed by atoms with van der Waals surface area (Å²) in [5.74, 6) is 0. The maximum atomic E-state index is 5.82. The predicted octanol–water partition coefficient (Wildman–Crippen LogP) is 1.36. The first-order valence-electron chi connectivity index (χ1n) is 4.93. The van der Waals surface area contributed by atoms with Gasteiger partial charge in [0.25, 0.3) is 0 Å². The predicted molar refractivity (Wildman–Crippen MR) is 57.5 cm³/mol. The number of aromatic nitrogens is 1. The summed E-state index contributed by atoms with van der Waals surface area (Å²) < 4.78 is 5.43. The fraction of sp³-hybridized carbons (Fsp3) is 0.700. The van der Waals surface area contributed by atoms with E-state index in [1.807, 2.05) is 6.92 Å². The highest BCUT2D eigenvalue weighted by atomic mass is 32.1. The average molecular weight is 212 g/mol. The third-order valence-electron chi connectivity index (χ3n) is 2.84. The van der Waals surface area contributed by atoms with Gasteiger partial charge in [0.05, 0.1) is 17.3 Å². The van der Waals surface area contributed by atoms with Crippen LogP contribution in [-0.2, 0) is 11.2 Å². The molecular weight excluding hydrogens is 196 g/mol. The fourth-order valence-corrected chi connectivity index (χ4v) is 2.51. The molecule has 4 heteroatoms. The van der Waals surface area contributed by atoms with Gasteiger partial charge in [-0.05, 0) is 19.8 Å². The first-order valence-corrected chi connectivity index (χ1v) is 5.81. The molecule has 1 aliphatic heterocycles. The van der Waals surface area contributed by atoms with Gasteiger partial charge in [-0.25, -0.2) is 4.98 Å². The first kappa shape index (κ1) is 10.1. The molecule has 0 aliphatic carbocycles. The molecule has 1 aliphatic rings. The molecule has 1 unspecified atom stereocenters. The van der Waals surface area contributed by atoms with Gasteiger partial charge in [-0.3, -0.25) is 0 Å². The summed E-state index contributed by atoms with van der Waals surface area (Å²) in [6, 6.07) is 0. The van der Waals surface area contributed by atoms with E-state index in [1.54, 1.807) is 11.3 Å². The Labute approximate surface area is 88.3 Å². The molecule has 3 nitrogen and oxygen atoms in total. The Balaban J connectivity index is 2.08. The average Bonchev–Trinajstić information content (AvgIpc) is 2.77. The minimum atomic E-state index is 0.153. The van der Waals surface area contributed by atoms with Gasteiger partial charge in [-0.15, -0.1) is 11.3 Å². The molecule has 1 aromatic rings. The van der Waals surface area contributed by atoms with E-state index in [0.717, 1.165) is 31.1 Å². The van der Waals surface area contributed by atoms with E-state index in [0.29, 0.717) is 6.54 Å². The first-order chi connectivity index (χ1) is 6.74. The van der Waals surface area contributed by atoms with Crippen molar-refractivity contribution >= 4 is 11.3 Å². The number of hydrogen-bond acceptors (Lipinski definition) is 4. The summed E-state index contributed by atoms with van der Waals surface area (Å²) >= 11 is 1.70. The summed E-state index contributed by atoms with van der Waals surface area (Å²) in [4.78, 5) is 4.47. The second-order valence-corrected chi connectivity index (χ2v) is 5.10. The second kappa shape index (κ2) is 3.96. The van der Waals surface area contributed by atoms with Gasteiger partial charge in [-0.1, -0.05) is 0 Å². The Morgan fingerprint density at radius 3 is 3.07 bits per heavy atom. The number of hydrogen-bond donors (Lipinski definition) is 1. The molecule has 0 radical (unpaired) electrons. The molecule has 14 heavy (non-hydrogen) atoms. The van der Waals surface area contributed by atoms with Crippen LogP contribution in [0.1, 0.15) is 17.1 Å². The molecule has 2 rings (SSSR count). The molecule has 0 aromatic carbocycles. The molecule has 2 N–H and O–H groups in total. The molecular formula is C10H16N2OS. The van der Waals surface area contributed by atoms with E-state index in [1.165, 1.54) is 5.69 Å². The molecule has 0 amide bonds. The van der Waals surface area contributed by atoms with Crippen molar-refractivity contribution in [2.45, 2.75) is 19.8 Å². The van der Waals surface area contributed by atoms with Crippen LogP contribution in [-0.4, -0.2) is 24.7 Å². The summed E-state index contributed by atoms with van der Waals surface area (Å²) in [6.45, 7) is 4.37. The molecule has 1 atom stereocenters. The number of thiazole rings is 1. The SMILES string of the molecule is Cc1nc(CC2(CN)CCOC2)cs1. The van der Waals surface area contributed by atoms with Crippen LogP contribution < -0.4 is 5.73 Å². The van der Waals surface area contributed by atoms with E-state index in [4.69, 9.17) is 10.5 Å². The van der Waals surface area contributed by atoms with E-state index in [9.17, 15) is 0 Å². The summed E-state index contributed by atoms with van der Waals surface area (Å²) in [5, 5.41) is 3.26. The number of aryl methyl sites for hydroxylation is 1. The monoisotopic (exact) mass is 212 g/mol. The van der Waals surface area contributed by atoms with Gasteiger partial charge >= 0.3 is 0 Å². The van der Waals surface area contributed by atoms with Gasteiger partial charge in [0, 0.05) is 23.9 Å². The second-order valence-electron chi connectivity index (χ2n) is 4.04. The molecule has 1 fully saturated rings.